The minimum Gasteiger partial charge on any atom is -0.381 e. The van der Waals surface area contributed by atoms with Crippen LogP contribution in [-0.2, 0) is 9.53 Å². The summed E-state index contributed by atoms with van der Waals surface area (Å²) >= 11 is 1.99. The average Bonchev–Trinajstić information content (AvgIpc) is 3.01. The van der Waals surface area contributed by atoms with Crippen molar-refractivity contribution in [3.8, 4) is 0 Å². The quantitative estimate of drug-likeness (QED) is 0.720. The van der Waals surface area contributed by atoms with Gasteiger partial charge >= 0.3 is 0 Å². The molecule has 1 heterocycles. The Labute approximate surface area is 89.8 Å². The van der Waals surface area contributed by atoms with Gasteiger partial charge in [0.25, 0.3) is 0 Å². The Bertz CT molecular complexity index is 209. The van der Waals surface area contributed by atoms with Crippen LogP contribution < -0.4 is 0 Å². The fourth-order valence-corrected chi connectivity index (χ4v) is 3.25. The van der Waals surface area contributed by atoms with Crippen LogP contribution >= 0.6 is 11.8 Å². The van der Waals surface area contributed by atoms with Crippen LogP contribution in [0.2, 0.25) is 0 Å². The first-order valence-corrected chi connectivity index (χ1v) is 6.62. The Morgan fingerprint density at radius 1 is 1.36 bits per heavy atom. The first kappa shape index (κ1) is 10.5. The van der Waals surface area contributed by atoms with Crippen molar-refractivity contribution in [3.05, 3.63) is 0 Å². The van der Waals surface area contributed by atoms with E-state index in [2.05, 4.69) is 0 Å². The van der Waals surface area contributed by atoms with Crippen LogP contribution in [0, 0.1) is 11.8 Å². The molecule has 0 aromatic heterocycles. The number of methoxy groups -OCH3 is 1. The SMILES string of the molecule is COC1CC1C(=O)C1CCCSCC1. The molecule has 3 atom stereocenters. The van der Waals surface area contributed by atoms with Gasteiger partial charge in [0.1, 0.15) is 5.78 Å². The van der Waals surface area contributed by atoms with Crippen molar-refractivity contribution >= 4 is 17.5 Å². The molecule has 0 aromatic rings. The Hall–Kier alpha value is -0.0200. The summed E-state index contributed by atoms with van der Waals surface area (Å²) in [5, 5.41) is 0. The maximum Gasteiger partial charge on any atom is 0.141 e. The van der Waals surface area contributed by atoms with Gasteiger partial charge in [-0.25, -0.2) is 0 Å². The van der Waals surface area contributed by atoms with Gasteiger partial charge in [0.2, 0.25) is 0 Å². The van der Waals surface area contributed by atoms with E-state index in [1.165, 1.54) is 17.9 Å². The van der Waals surface area contributed by atoms with E-state index in [1.54, 1.807) is 7.11 Å². The van der Waals surface area contributed by atoms with Crippen LogP contribution in [0.3, 0.4) is 0 Å². The van der Waals surface area contributed by atoms with Crippen LogP contribution in [-0.4, -0.2) is 30.5 Å². The summed E-state index contributed by atoms with van der Waals surface area (Å²) in [6.07, 6.45) is 4.64. The Morgan fingerprint density at radius 2 is 2.21 bits per heavy atom. The third-order valence-electron chi connectivity index (χ3n) is 3.25. The minimum atomic E-state index is 0.244. The smallest absolute Gasteiger partial charge is 0.141 e. The van der Waals surface area contributed by atoms with E-state index in [-0.39, 0.29) is 12.0 Å². The number of thioether (sulfide) groups is 1. The van der Waals surface area contributed by atoms with E-state index < -0.39 is 0 Å². The van der Waals surface area contributed by atoms with Crippen LogP contribution in [0.25, 0.3) is 0 Å². The molecule has 1 saturated carbocycles. The third kappa shape index (κ3) is 2.31. The second kappa shape index (κ2) is 4.67. The molecule has 3 heteroatoms. The zero-order valence-electron chi connectivity index (χ0n) is 8.70. The van der Waals surface area contributed by atoms with E-state index in [0.29, 0.717) is 11.7 Å². The minimum absolute atomic E-state index is 0.244. The molecule has 80 valence electrons. The predicted octanol–water partition coefficient (Wildman–Crippen LogP) is 2.12. The van der Waals surface area contributed by atoms with E-state index in [0.717, 1.165) is 19.3 Å². The lowest BCUT2D eigenvalue weighted by molar-refractivity contribution is -0.125. The van der Waals surface area contributed by atoms with Gasteiger partial charge in [-0.2, -0.15) is 11.8 Å². The third-order valence-corrected chi connectivity index (χ3v) is 4.36. The average molecular weight is 214 g/mol. The Balaban J connectivity index is 1.84. The van der Waals surface area contributed by atoms with Gasteiger partial charge in [-0.1, -0.05) is 0 Å². The molecule has 0 N–H and O–H groups in total. The van der Waals surface area contributed by atoms with Crippen LogP contribution in [0.15, 0.2) is 0 Å². The number of rotatable bonds is 3. The van der Waals surface area contributed by atoms with Crippen LogP contribution in [0.5, 0.6) is 0 Å². The number of hydrogen-bond acceptors (Lipinski definition) is 3. The molecule has 1 aliphatic heterocycles. The molecule has 14 heavy (non-hydrogen) atoms. The van der Waals surface area contributed by atoms with Crippen LogP contribution in [0.1, 0.15) is 25.7 Å². The van der Waals surface area contributed by atoms with Crippen molar-refractivity contribution in [1.82, 2.24) is 0 Å². The summed E-state index contributed by atoms with van der Waals surface area (Å²) in [6.45, 7) is 0. The summed E-state index contributed by atoms with van der Waals surface area (Å²) in [5.41, 5.74) is 0. The largest absolute Gasteiger partial charge is 0.381 e. The number of carbonyl (C=O) groups is 1. The van der Waals surface area contributed by atoms with Gasteiger partial charge < -0.3 is 4.74 Å². The number of ketones is 1. The fraction of sp³-hybridized carbons (Fsp3) is 0.909. The van der Waals surface area contributed by atoms with Crippen LogP contribution in [0.4, 0.5) is 0 Å². The highest BCUT2D eigenvalue weighted by atomic mass is 32.2. The number of Topliss-reactive ketones (excluding diaryl/α,β-unsaturated/α-hetero) is 1. The molecule has 0 bridgehead atoms. The number of carbonyl (C=O) groups excluding carboxylic acids is 1. The molecular formula is C11H18O2S. The van der Waals surface area contributed by atoms with Crippen molar-refractivity contribution in [2.45, 2.75) is 31.8 Å². The van der Waals surface area contributed by atoms with E-state index in [9.17, 15) is 4.79 Å². The Morgan fingerprint density at radius 3 is 2.93 bits per heavy atom. The highest BCUT2D eigenvalue weighted by Gasteiger charge is 2.45. The molecule has 1 aliphatic carbocycles. The lowest BCUT2D eigenvalue weighted by Crippen LogP contribution is -2.18. The van der Waals surface area contributed by atoms with Crippen molar-refractivity contribution in [1.29, 1.82) is 0 Å². The lowest BCUT2D eigenvalue weighted by Gasteiger charge is -2.11. The molecule has 0 amide bonds. The Kier molecular flexibility index (Phi) is 3.50. The second-order valence-electron chi connectivity index (χ2n) is 4.26. The molecule has 0 aromatic carbocycles. The predicted molar refractivity (Wildman–Crippen MR) is 58.6 cm³/mol. The summed E-state index contributed by atoms with van der Waals surface area (Å²) in [4.78, 5) is 12.0. The monoisotopic (exact) mass is 214 g/mol. The van der Waals surface area contributed by atoms with Crippen molar-refractivity contribution in [2.75, 3.05) is 18.6 Å². The normalized spacial score (nSPS) is 37.6. The molecule has 0 spiro atoms. The summed E-state index contributed by atoms with van der Waals surface area (Å²) in [5.74, 6) is 3.48. The summed E-state index contributed by atoms with van der Waals surface area (Å²) < 4.78 is 5.19. The van der Waals surface area contributed by atoms with Crippen molar-refractivity contribution in [2.24, 2.45) is 11.8 Å². The molecule has 3 unspecified atom stereocenters. The van der Waals surface area contributed by atoms with Gasteiger partial charge in [0.05, 0.1) is 6.10 Å². The van der Waals surface area contributed by atoms with E-state index in [4.69, 9.17) is 4.74 Å². The van der Waals surface area contributed by atoms with E-state index in [1.807, 2.05) is 11.8 Å². The maximum atomic E-state index is 12.0. The van der Waals surface area contributed by atoms with Gasteiger partial charge in [0.15, 0.2) is 0 Å². The van der Waals surface area contributed by atoms with Crippen molar-refractivity contribution in [3.63, 3.8) is 0 Å². The molecule has 0 radical (unpaired) electrons. The van der Waals surface area contributed by atoms with Crippen molar-refractivity contribution < 1.29 is 9.53 Å². The molecule has 2 rings (SSSR count). The molecule has 2 nitrogen and oxygen atoms in total. The highest BCUT2D eigenvalue weighted by Crippen LogP contribution is 2.38. The molecule has 2 fully saturated rings. The summed E-state index contributed by atoms with van der Waals surface area (Å²) in [7, 11) is 1.71. The van der Waals surface area contributed by atoms with Gasteiger partial charge in [0, 0.05) is 18.9 Å². The number of hydrogen-bond donors (Lipinski definition) is 0. The lowest BCUT2D eigenvalue weighted by atomic mass is 9.93. The second-order valence-corrected chi connectivity index (χ2v) is 5.48. The van der Waals surface area contributed by atoms with E-state index >= 15 is 0 Å². The molecule has 2 aliphatic rings. The maximum absolute atomic E-state index is 12.0. The topological polar surface area (TPSA) is 26.3 Å². The highest BCUT2D eigenvalue weighted by molar-refractivity contribution is 7.99. The standard InChI is InChI=1S/C11H18O2S/c1-13-10-7-9(10)11(12)8-3-2-5-14-6-4-8/h8-10H,2-7H2,1H3. The fourth-order valence-electron chi connectivity index (χ4n) is 2.22. The zero-order valence-corrected chi connectivity index (χ0v) is 9.52. The molecule has 1 saturated heterocycles. The zero-order chi connectivity index (χ0) is 9.97. The van der Waals surface area contributed by atoms with Gasteiger partial charge in [-0.15, -0.1) is 0 Å². The first-order chi connectivity index (χ1) is 6.83. The first-order valence-electron chi connectivity index (χ1n) is 5.47. The number of ether oxygens (including phenoxy) is 1. The van der Waals surface area contributed by atoms with Gasteiger partial charge in [-0.05, 0) is 37.2 Å². The molecular weight excluding hydrogens is 196 g/mol. The van der Waals surface area contributed by atoms with Gasteiger partial charge in [-0.3, -0.25) is 4.79 Å². The summed E-state index contributed by atoms with van der Waals surface area (Å²) in [6, 6.07) is 0.